The monoisotopic (exact) mass is 235 g/mol. The molecule has 1 amide bonds. The lowest BCUT2D eigenvalue weighted by atomic mass is 10.1. The van der Waals surface area contributed by atoms with Gasteiger partial charge in [0.05, 0.1) is 13.5 Å². The summed E-state index contributed by atoms with van der Waals surface area (Å²) in [6.07, 6.45) is 0.638. The predicted octanol–water partition coefficient (Wildman–Crippen LogP) is 1.33. The zero-order valence-electron chi connectivity index (χ0n) is 10.2. The summed E-state index contributed by atoms with van der Waals surface area (Å²) in [6, 6.07) is 7.66. The van der Waals surface area contributed by atoms with Gasteiger partial charge < -0.3 is 10.1 Å². The van der Waals surface area contributed by atoms with Gasteiger partial charge in [-0.15, -0.1) is 0 Å². The first-order valence-electron chi connectivity index (χ1n) is 5.51. The number of para-hydroxylation sites is 1. The molecule has 0 bridgehead atoms. The maximum atomic E-state index is 11.2. The molecule has 1 N–H and O–H groups in total. The standard InChI is InChI=1S/C13H17NO3/c1-10(15)9-13(16)14-8-7-11-5-3-4-6-12(11)17-2/h3-6H,7-9H2,1-2H3,(H,14,16). The van der Waals surface area contributed by atoms with Crippen LogP contribution in [0.1, 0.15) is 18.9 Å². The summed E-state index contributed by atoms with van der Waals surface area (Å²) >= 11 is 0. The fraction of sp³-hybridized carbons (Fsp3) is 0.385. The van der Waals surface area contributed by atoms with Gasteiger partial charge in [0.15, 0.2) is 0 Å². The molecule has 17 heavy (non-hydrogen) atoms. The van der Waals surface area contributed by atoms with E-state index in [0.717, 1.165) is 11.3 Å². The Hall–Kier alpha value is -1.84. The van der Waals surface area contributed by atoms with E-state index >= 15 is 0 Å². The zero-order chi connectivity index (χ0) is 12.7. The van der Waals surface area contributed by atoms with Gasteiger partial charge in [0.2, 0.25) is 5.91 Å². The number of nitrogens with one attached hydrogen (secondary N) is 1. The number of Topliss-reactive ketones (excluding diaryl/α,β-unsaturated/α-hetero) is 1. The number of ether oxygens (including phenoxy) is 1. The van der Waals surface area contributed by atoms with E-state index in [1.807, 2.05) is 24.3 Å². The van der Waals surface area contributed by atoms with Crippen LogP contribution in [0, 0.1) is 0 Å². The van der Waals surface area contributed by atoms with Crippen molar-refractivity contribution in [1.82, 2.24) is 5.32 Å². The minimum Gasteiger partial charge on any atom is -0.496 e. The van der Waals surface area contributed by atoms with E-state index in [1.165, 1.54) is 6.92 Å². The molecule has 0 aliphatic carbocycles. The Balaban J connectivity index is 2.40. The zero-order valence-corrected chi connectivity index (χ0v) is 10.2. The van der Waals surface area contributed by atoms with E-state index in [1.54, 1.807) is 7.11 Å². The molecule has 4 nitrogen and oxygen atoms in total. The van der Waals surface area contributed by atoms with Gasteiger partial charge in [0.25, 0.3) is 0 Å². The molecule has 0 saturated carbocycles. The number of benzene rings is 1. The summed E-state index contributed by atoms with van der Waals surface area (Å²) in [4.78, 5) is 21.9. The second-order valence-corrected chi connectivity index (χ2v) is 3.79. The number of methoxy groups -OCH3 is 1. The van der Waals surface area contributed by atoms with Crippen molar-refractivity contribution in [2.24, 2.45) is 0 Å². The third kappa shape index (κ3) is 4.68. The van der Waals surface area contributed by atoms with E-state index in [4.69, 9.17) is 4.74 Å². The Kier molecular flexibility index (Phi) is 5.20. The first-order chi connectivity index (χ1) is 8.13. The number of amides is 1. The Labute approximate surface area is 101 Å². The maximum Gasteiger partial charge on any atom is 0.227 e. The summed E-state index contributed by atoms with van der Waals surface area (Å²) in [5.74, 6) is 0.459. The smallest absolute Gasteiger partial charge is 0.227 e. The number of ketones is 1. The van der Waals surface area contributed by atoms with Crippen molar-refractivity contribution in [2.45, 2.75) is 19.8 Å². The molecular formula is C13H17NO3. The summed E-state index contributed by atoms with van der Waals surface area (Å²) in [5.41, 5.74) is 1.04. The SMILES string of the molecule is COc1ccccc1CCNC(=O)CC(C)=O. The van der Waals surface area contributed by atoms with Crippen LogP contribution in [0.5, 0.6) is 5.75 Å². The summed E-state index contributed by atoms with van der Waals surface area (Å²) in [5, 5.41) is 2.70. The molecule has 0 aliphatic rings. The van der Waals surface area contributed by atoms with Crippen molar-refractivity contribution in [3.05, 3.63) is 29.8 Å². The summed E-state index contributed by atoms with van der Waals surface area (Å²) in [7, 11) is 1.62. The summed E-state index contributed by atoms with van der Waals surface area (Å²) < 4.78 is 5.20. The average molecular weight is 235 g/mol. The lowest BCUT2D eigenvalue weighted by Gasteiger charge is -2.08. The van der Waals surface area contributed by atoms with Crippen LogP contribution in [-0.2, 0) is 16.0 Å². The third-order valence-corrected chi connectivity index (χ3v) is 2.32. The van der Waals surface area contributed by atoms with E-state index in [9.17, 15) is 9.59 Å². The highest BCUT2D eigenvalue weighted by Crippen LogP contribution is 2.17. The highest BCUT2D eigenvalue weighted by molar-refractivity contribution is 5.96. The Morgan fingerprint density at radius 1 is 1.29 bits per heavy atom. The number of hydrogen-bond donors (Lipinski definition) is 1. The highest BCUT2D eigenvalue weighted by Gasteiger charge is 2.05. The largest absolute Gasteiger partial charge is 0.496 e. The molecule has 4 heteroatoms. The van der Waals surface area contributed by atoms with Gasteiger partial charge in [-0.2, -0.15) is 0 Å². The molecule has 0 aromatic heterocycles. The van der Waals surface area contributed by atoms with E-state index < -0.39 is 0 Å². The molecule has 1 rings (SSSR count). The van der Waals surface area contributed by atoms with Crippen molar-refractivity contribution in [3.8, 4) is 5.75 Å². The van der Waals surface area contributed by atoms with Crippen LogP contribution in [0.25, 0.3) is 0 Å². The summed E-state index contributed by atoms with van der Waals surface area (Å²) in [6.45, 7) is 1.91. The van der Waals surface area contributed by atoms with Crippen molar-refractivity contribution in [2.75, 3.05) is 13.7 Å². The second-order valence-electron chi connectivity index (χ2n) is 3.79. The quantitative estimate of drug-likeness (QED) is 0.757. The molecule has 92 valence electrons. The Bertz CT molecular complexity index is 401. The fourth-order valence-corrected chi connectivity index (χ4v) is 1.53. The average Bonchev–Trinajstić information content (AvgIpc) is 2.28. The Morgan fingerprint density at radius 2 is 2.00 bits per heavy atom. The van der Waals surface area contributed by atoms with E-state index in [-0.39, 0.29) is 18.1 Å². The van der Waals surface area contributed by atoms with Gasteiger partial charge in [-0.05, 0) is 25.0 Å². The molecular weight excluding hydrogens is 218 g/mol. The van der Waals surface area contributed by atoms with Gasteiger partial charge >= 0.3 is 0 Å². The van der Waals surface area contributed by atoms with Gasteiger partial charge in [-0.3, -0.25) is 9.59 Å². The minimum absolute atomic E-state index is 0.0497. The molecule has 0 fully saturated rings. The van der Waals surface area contributed by atoms with E-state index in [0.29, 0.717) is 13.0 Å². The van der Waals surface area contributed by atoms with E-state index in [2.05, 4.69) is 5.32 Å². The predicted molar refractivity (Wildman–Crippen MR) is 65.0 cm³/mol. The van der Waals surface area contributed by atoms with Crippen molar-refractivity contribution >= 4 is 11.7 Å². The van der Waals surface area contributed by atoms with Crippen LogP contribution in [0.4, 0.5) is 0 Å². The van der Waals surface area contributed by atoms with Crippen LogP contribution in [-0.4, -0.2) is 25.3 Å². The first kappa shape index (κ1) is 13.2. The van der Waals surface area contributed by atoms with Crippen molar-refractivity contribution in [3.63, 3.8) is 0 Å². The number of carbonyl (C=O) groups is 2. The molecule has 0 spiro atoms. The third-order valence-electron chi connectivity index (χ3n) is 2.32. The first-order valence-corrected chi connectivity index (χ1v) is 5.51. The molecule has 0 saturated heterocycles. The molecule has 0 aliphatic heterocycles. The van der Waals surface area contributed by atoms with Crippen LogP contribution < -0.4 is 10.1 Å². The number of rotatable bonds is 6. The number of carbonyl (C=O) groups excluding carboxylic acids is 2. The van der Waals surface area contributed by atoms with Crippen LogP contribution in [0.3, 0.4) is 0 Å². The van der Waals surface area contributed by atoms with Gasteiger partial charge in [0, 0.05) is 6.54 Å². The Morgan fingerprint density at radius 3 is 2.65 bits per heavy atom. The van der Waals surface area contributed by atoms with Crippen molar-refractivity contribution < 1.29 is 14.3 Å². The van der Waals surface area contributed by atoms with Crippen LogP contribution >= 0.6 is 0 Å². The van der Waals surface area contributed by atoms with Crippen LogP contribution in [0.2, 0.25) is 0 Å². The minimum atomic E-state index is -0.229. The molecule has 0 atom stereocenters. The lowest BCUT2D eigenvalue weighted by molar-refractivity contribution is -0.127. The van der Waals surface area contributed by atoms with Gasteiger partial charge in [-0.25, -0.2) is 0 Å². The maximum absolute atomic E-state index is 11.2. The molecule has 1 aromatic rings. The molecule has 0 unspecified atom stereocenters. The topological polar surface area (TPSA) is 55.4 Å². The highest BCUT2D eigenvalue weighted by atomic mass is 16.5. The van der Waals surface area contributed by atoms with Gasteiger partial charge in [-0.1, -0.05) is 18.2 Å². The van der Waals surface area contributed by atoms with Crippen molar-refractivity contribution in [1.29, 1.82) is 0 Å². The van der Waals surface area contributed by atoms with Gasteiger partial charge in [0.1, 0.15) is 11.5 Å². The molecule has 1 aromatic carbocycles. The normalized spacial score (nSPS) is 9.76. The lowest BCUT2D eigenvalue weighted by Crippen LogP contribution is -2.27. The number of hydrogen-bond acceptors (Lipinski definition) is 3. The fourth-order valence-electron chi connectivity index (χ4n) is 1.53. The van der Waals surface area contributed by atoms with Crippen LogP contribution in [0.15, 0.2) is 24.3 Å². The molecule has 0 heterocycles. The second kappa shape index (κ2) is 6.68. The molecule has 0 radical (unpaired) electrons.